The van der Waals surface area contributed by atoms with Gasteiger partial charge in [-0.2, -0.15) is 0 Å². The number of benzene rings is 1. The van der Waals surface area contributed by atoms with Crippen molar-refractivity contribution in [2.75, 3.05) is 58.7 Å². The van der Waals surface area contributed by atoms with Crippen LogP contribution in [0.5, 0.6) is 0 Å². The molecule has 1 fully saturated rings. The van der Waals surface area contributed by atoms with Gasteiger partial charge in [-0.3, -0.25) is 9.69 Å². The Balaban J connectivity index is 1.48. The van der Waals surface area contributed by atoms with Crippen LogP contribution in [0.4, 0.5) is 5.95 Å². The van der Waals surface area contributed by atoms with Gasteiger partial charge in [0.05, 0.1) is 0 Å². The first-order valence-corrected chi connectivity index (χ1v) is 9.89. The normalized spacial score (nSPS) is 15.0. The summed E-state index contributed by atoms with van der Waals surface area (Å²) in [5, 5.41) is 3.20. The lowest BCUT2D eigenvalue weighted by molar-refractivity contribution is 0.0622. The molecule has 1 amide bonds. The molecule has 3 rings (SSSR count). The number of carbonyl (C=O) groups is 1. The Bertz CT molecular complexity index is 744. The van der Waals surface area contributed by atoms with E-state index in [4.69, 9.17) is 0 Å². The van der Waals surface area contributed by atoms with Crippen LogP contribution >= 0.6 is 0 Å². The van der Waals surface area contributed by atoms with Crippen molar-refractivity contribution in [1.29, 1.82) is 0 Å². The summed E-state index contributed by atoms with van der Waals surface area (Å²) in [7, 11) is 4.10. The molecule has 7 nitrogen and oxygen atoms in total. The first-order chi connectivity index (χ1) is 13.6. The minimum Gasteiger partial charge on any atom is -0.354 e. The van der Waals surface area contributed by atoms with Crippen LogP contribution in [0.15, 0.2) is 42.6 Å². The lowest BCUT2D eigenvalue weighted by Crippen LogP contribution is -2.48. The predicted octanol–water partition coefficient (Wildman–Crippen LogP) is 1.80. The Morgan fingerprint density at radius 3 is 2.57 bits per heavy atom. The second-order valence-corrected chi connectivity index (χ2v) is 7.40. The molecule has 1 saturated heterocycles. The van der Waals surface area contributed by atoms with E-state index in [1.807, 2.05) is 11.0 Å². The number of hydrogen-bond donors (Lipinski definition) is 1. The molecule has 0 unspecified atom stereocenters. The van der Waals surface area contributed by atoms with E-state index in [2.05, 4.69) is 63.4 Å². The third-order valence-electron chi connectivity index (χ3n) is 4.85. The highest BCUT2D eigenvalue weighted by Gasteiger charge is 2.23. The summed E-state index contributed by atoms with van der Waals surface area (Å²) in [6.07, 6.45) is 2.65. The number of piperazine rings is 1. The van der Waals surface area contributed by atoms with Gasteiger partial charge in [0.25, 0.3) is 5.91 Å². The van der Waals surface area contributed by atoms with Crippen LogP contribution < -0.4 is 5.32 Å². The Morgan fingerprint density at radius 1 is 1.11 bits per heavy atom. The average Bonchev–Trinajstić information content (AvgIpc) is 2.72. The van der Waals surface area contributed by atoms with Gasteiger partial charge in [0.2, 0.25) is 5.95 Å². The van der Waals surface area contributed by atoms with Gasteiger partial charge in [0, 0.05) is 45.5 Å². The van der Waals surface area contributed by atoms with E-state index < -0.39 is 0 Å². The second kappa shape index (κ2) is 10.1. The lowest BCUT2D eigenvalue weighted by Gasteiger charge is -2.34. The number of hydrogen-bond acceptors (Lipinski definition) is 6. The summed E-state index contributed by atoms with van der Waals surface area (Å²) in [5.41, 5.74) is 1.77. The zero-order valence-electron chi connectivity index (χ0n) is 16.8. The highest BCUT2D eigenvalue weighted by Crippen LogP contribution is 2.11. The highest BCUT2D eigenvalue weighted by atomic mass is 16.2. The fourth-order valence-corrected chi connectivity index (χ4v) is 3.27. The standard InChI is InChI=1S/C21H30N6O/c1-25(2)12-6-10-22-21-23-11-9-19(24-21)20(28)27-15-13-26(14-16-27)17-18-7-4-3-5-8-18/h3-5,7-9,11H,6,10,12-17H2,1-2H3,(H,22,23,24). The Labute approximate surface area is 167 Å². The smallest absolute Gasteiger partial charge is 0.272 e. The lowest BCUT2D eigenvalue weighted by atomic mass is 10.2. The minimum absolute atomic E-state index is 0.0156. The minimum atomic E-state index is -0.0156. The van der Waals surface area contributed by atoms with E-state index in [-0.39, 0.29) is 5.91 Å². The van der Waals surface area contributed by atoms with E-state index >= 15 is 0 Å². The maximum atomic E-state index is 12.8. The molecule has 1 aromatic carbocycles. The third-order valence-corrected chi connectivity index (χ3v) is 4.85. The number of nitrogens with zero attached hydrogens (tertiary/aromatic N) is 5. The summed E-state index contributed by atoms with van der Waals surface area (Å²) in [4.78, 5) is 27.9. The molecule has 0 aliphatic carbocycles. The topological polar surface area (TPSA) is 64.6 Å². The van der Waals surface area contributed by atoms with Gasteiger partial charge in [-0.1, -0.05) is 30.3 Å². The van der Waals surface area contributed by atoms with Crippen LogP contribution in [0, 0.1) is 0 Å². The molecule has 1 aromatic heterocycles. The van der Waals surface area contributed by atoms with Crippen molar-refractivity contribution in [2.24, 2.45) is 0 Å². The van der Waals surface area contributed by atoms with Crippen molar-refractivity contribution >= 4 is 11.9 Å². The molecule has 0 saturated carbocycles. The molecule has 0 radical (unpaired) electrons. The molecule has 28 heavy (non-hydrogen) atoms. The predicted molar refractivity (Wildman–Crippen MR) is 111 cm³/mol. The fourth-order valence-electron chi connectivity index (χ4n) is 3.27. The maximum Gasteiger partial charge on any atom is 0.272 e. The van der Waals surface area contributed by atoms with Gasteiger partial charge in [0.1, 0.15) is 5.69 Å². The van der Waals surface area contributed by atoms with Gasteiger partial charge in [-0.05, 0) is 38.7 Å². The van der Waals surface area contributed by atoms with E-state index in [1.54, 1.807) is 12.3 Å². The molecule has 1 aliphatic heterocycles. The zero-order chi connectivity index (χ0) is 19.8. The SMILES string of the molecule is CN(C)CCCNc1nccc(C(=O)N2CCN(Cc3ccccc3)CC2)n1. The molecule has 0 spiro atoms. The van der Waals surface area contributed by atoms with E-state index in [9.17, 15) is 4.79 Å². The van der Waals surface area contributed by atoms with Crippen LogP contribution in [0.2, 0.25) is 0 Å². The van der Waals surface area contributed by atoms with Crippen LogP contribution in [0.1, 0.15) is 22.5 Å². The van der Waals surface area contributed by atoms with Crippen LogP contribution in [-0.2, 0) is 6.54 Å². The Kier molecular flexibility index (Phi) is 7.33. The third kappa shape index (κ3) is 6.00. The van der Waals surface area contributed by atoms with Crippen LogP contribution in [0.3, 0.4) is 0 Å². The van der Waals surface area contributed by atoms with Crippen molar-refractivity contribution in [1.82, 2.24) is 24.7 Å². The monoisotopic (exact) mass is 382 g/mol. The Morgan fingerprint density at radius 2 is 1.86 bits per heavy atom. The zero-order valence-corrected chi connectivity index (χ0v) is 16.8. The first kappa shape index (κ1) is 20.2. The largest absolute Gasteiger partial charge is 0.354 e. The number of anilines is 1. The van der Waals surface area contributed by atoms with E-state index in [1.165, 1.54) is 5.56 Å². The average molecular weight is 383 g/mol. The molecular formula is C21H30N6O. The van der Waals surface area contributed by atoms with Gasteiger partial charge in [-0.25, -0.2) is 9.97 Å². The fraction of sp³-hybridized carbons (Fsp3) is 0.476. The molecule has 2 heterocycles. The summed E-state index contributed by atoms with van der Waals surface area (Å²) in [6.45, 7) is 5.91. The molecule has 2 aromatic rings. The second-order valence-electron chi connectivity index (χ2n) is 7.40. The summed E-state index contributed by atoms with van der Waals surface area (Å²) in [6, 6.07) is 12.2. The number of rotatable bonds is 8. The number of nitrogens with one attached hydrogen (secondary N) is 1. The number of aromatic nitrogens is 2. The van der Waals surface area contributed by atoms with Crippen molar-refractivity contribution in [3.05, 3.63) is 53.9 Å². The molecule has 1 aliphatic rings. The Hall–Kier alpha value is -2.51. The molecule has 1 N–H and O–H groups in total. The summed E-state index contributed by atoms with van der Waals surface area (Å²) in [5.74, 6) is 0.505. The van der Waals surface area contributed by atoms with Crippen molar-refractivity contribution in [2.45, 2.75) is 13.0 Å². The summed E-state index contributed by atoms with van der Waals surface area (Å²) >= 11 is 0. The van der Waals surface area contributed by atoms with Gasteiger partial charge < -0.3 is 15.1 Å². The van der Waals surface area contributed by atoms with Crippen molar-refractivity contribution < 1.29 is 4.79 Å². The number of carbonyl (C=O) groups excluding carboxylic acids is 1. The quantitative estimate of drug-likeness (QED) is 0.703. The van der Waals surface area contributed by atoms with Gasteiger partial charge in [-0.15, -0.1) is 0 Å². The van der Waals surface area contributed by atoms with Crippen LogP contribution in [-0.4, -0.2) is 83.9 Å². The molecule has 0 atom stereocenters. The molecule has 7 heteroatoms. The number of amides is 1. The highest BCUT2D eigenvalue weighted by molar-refractivity contribution is 5.92. The van der Waals surface area contributed by atoms with E-state index in [0.717, 1.165) is 52.2 Å². The summed E-state index contributed by atoms with van der Waals surface area (Å²) < 4.78 is 0. The maximum absolute atomic E-state index is 12.8. The molecular weight excluding hydrogens is 352 g/mol. The van der Waals surface area contributed by atoms with Gasteiger partial charge >= 0.3 is 0 Å². The van der Waals surface area contributed by atoms with Crippen molar-refractivity contribution in [3.8, 4) is 0 Å². The van der Waals surface area contributed by atoms with E-state index in [0.29, 0.717) is 11.6 Å². The first-order valence-electron chi connectivity index (χ1n) is 9.89. The van der Waals surface area contributed by atoms with Crippen molar-refractivity contribution in [3.63, 3.8) is 0 Å². The van der Waals surface area contributed by atoms with Gasteiger partial charge in [0.15, 0.2) is 0 Å². The van der Waals surface area contributed by atoms with Crippen LogP contribution in [0.25, 0.3) is 0 Å². The molecule has 150 valence electrons. The molecule has 0 bridgehead atoms.